The molecule has 17 heavy (non-hydrogen) atoms. The van der Waals surface area contributed by atoms with Crippen LogP contribution in [0.5, 0.6) is 0 Å². The Bertz CT molecular complexity index is 498. The van der Waals surface area contributed by atoms with Crippen LogP contribution in [0, 0.1) is 6.92 Å². The van der Waals surface area contributed by atoms with E-state index in [4.69, 9.17) is 0 Å². The molecule has 1 fully saturated rings. The predicted molar refractivity (Wildman–Crippen MR) is 68.6 cm³/mol. The van der Waals surface area contributed by atoms with Crippen LogP contribution in [-0.4, -0.2) is 11.9 Å². The number of hydrogen-bond acceptors (Lipinski definition) is 1. The number of hydrogen-bond donors (Lipinski definition) is 1. The highest BCUT2D eigenvalue weighted by Gasteiger charge is 2.24. The van der Waals surface area contributed by atoms with Crippen LogP contribution in [0.3, 0.4) is 0 Å². The van der Waals surface area contributed by atoms with Crippen molar-refractivity contribution >= 4 is 11.5 Å². The van der Waals surface area contributed by atoms with E-state index in [1.54, 1.807) is 6.08 Å². The first-order valence-corrected chi connectivity index (χ1v) is 6.34. The normalized spacial score (nSPS) is 20.4. The summed E-state index contributed by atoms with van der Waals surface area (Å²) >= 11 is 0. The van der Waals surface area contributed by atoms with Gasteiger partial charge in [0.25, 0.3) is 0 Å². The van der Waals surface area contributed by atoms with Crippen molar-refractivity contribution < 1.29 is 4.79 Å². The first-order chi connectivity index (χ1) is 8.24. The lowest BCUT2D eigenvalue weighted by atomic mass is 10.0. The monoisotopic (exact) mass is 227 g/mol. The summed E-state index contributed by atoms with van der Waals surface area (Å²) in [6, 6.07) is 6.83. The Labute approximate surface area is 102 Å². The SMILES string of the molecule is Cc1cccc2c1C(=CC(=O)NC1CC1)CC2. The predicted octanol–water partition coefficient (Wildman–Crippen LogP) is 2.60. The minimum atomic E-state index is 0.0820. The van der Waals surface area contributed by atoms with Crippen molar-refractivity contribution in [3.05, 3.63) is 41.0 Å². The van der Waals surface area contributed by atoms with Gasteiger partial charge in [-0.1, -0.05) is 18.2 Å². The average molecular weight is 227 g/mol. The Hall–Kier alpha value is -1.57. The molecule has 0 radical (unpaired) electrons. The molecular weight excluding hydrogens is 210 g/mol. The van der Waals surface area contributed by atoms with E-state index in [1.165, 1.54) is 22.3 Å². The Kier molecular flexibility index (Phi) is 2.50. The summed E-state index contributed by atoms with van der Waals surface area (Å²) in [5.41, 5.74) is 5.18. The third kappa shape index (κ3) is 2.12. The van der Waals surface area contributed by atoms with Gasteiger partial charge in [-0.15, -0.1) is 0 Å². The second-order valence-electron chi connectivity index (χ2n) is 5.06. The second-order valence-corrected chi connectivity index (χ2v) is 5.06. The molecule has 2 heteroatoms. The Morgan fingerprint density at radius 1 is 1.35 bits per heavy atom. The smallest absolute Gasteiger partial charge is 0.244 e. The third-order valence-corrected chi connectivity index (χ3v) is 3.57. The van der Waals surface area contributed by atoms with Crippen LogP contribution in [0.15, 0.2) is 24.3 Å². The summed E-state index contributed by atoms with van der Waals surface area (Å²) in [4.78, 5) is 11.8. The number of carbonyl (C=O) groups is 1. The summed E-state index contributed by atoms with van der Waals surface area (Å²) in [6.07, 6.45) is 6.16. The molecule has 2 aliphatic rings. The van der Waals surface area contributed by atoms with E-state index in [0.717, 1.165) is 25.7 Å². The van der Waals surface area contributed by atoms with E-state index in [0.29, 0.717) is 6.04 Å². The van der Waals surface area contributed by atoms with Gasteiger partial charge in [-0.25, -0.2) is 0 Å². The number of allylic oxidation sites excluding steroid dienone is 1. The molecule has 2 nitrogen and oxygen atoms in total. The van der Waals surface area contributed by atoms with Crippen LogP contribution in [-0.2, 0) is 11.2 Å². The molecule has 1 aromatic carbocycles. The van der Waals surface area contributed by atoms with Crippen molar-refractivity contribution in [3.8, 4) is 0 Å². The van der Waals surface area contributed by atoms with E-state index >= 15 is 0 Å². The molecule has 1 amide bonds. The lowest BCUT2D eigenvalue weighted by Gasteiger charge is -2.05. The van der Waals surface area contributed by atoms with E-state index < -0.39 is 0 Å². The van der Waals surface area contributed by atoms with Gasteiger partial charge in [-0.05, 0) is 54.9 Å². The largest absolute Gasteiger partial charge is 0.350 e. The fourth-order valence-electron chi connectivity index (χ4n) is 2.56. The molecule has 1 N–H and O–H groups in total. The molecule has 0 saturated heterocycles. The molecule has 0 unspecified atom stereocenters. The molecule has 0 aliphatic heterocycles. The van der Waals surface area contributed by atoms with Crippen molar-refractivity contribution in [2.24, 2.45) is 0 Å². The fourth-order valence-corrected chi connectivity index (χ4v) is 2.56. The maximum Gasteiger partial charge on any atom is 0.244 e. The van der Waals surface area contributed by atoms with Gasteiger partial charge in [0.15, 0.2) is 0 Å². The van der Waals surface area contributed by atoms with E-state index in [1.807, 2.05) is 0 Å². The zero-order chi connectivity index (χ0) is 11.8. The zero-order valence-corrected chi connectivity index (χ0v) is 10.1. The van der Waals surface area contributed by atoms with Crippen LogP contribution in [0.4, 0.5) is 0 Å². The molecule has 2 aliphatic carbocycles. The molecule has 1 aromatic rings. The van der Waals surface area contributed by atoms with Gasteiger partial charge in [-0.2, -0.15) is 0 Å². The number of aryl methyl sites for hydroxylation is 2. The van der Waals surface area contributed by atoms with Crippen molar-refractivity contribution in [3.63, 3.8) is 0 Å². The molecule has 0 heterocycles. The van der Waals surface area contributed by atoms with Crippen LogP contribution in [0.1, 0.15) is 36.0 Å². The number of fused-ring (bicyclic) bond motifs is 1. The number of carbonyl (C=O) groups excluding carboxylic acids is 1. The van der Waals surface area contributed by atoms with Crippen molar-refractivity contribution in [2.45, 2.75) is 38.6 Å². The molecule has 3 rings (SSSR count). The molecule has 0 aromatic heterocycles. The van der Waals surface area contributed by atoms with Gasteiger partial charge < -0.3 is 5.32 Å². The molecule has 0 atom stereocenters. The van der Waals surface area contributed by atoms with Crippen molar-refractivity contribution in [1.82, 2.24) is 5.32 Å². The molecular formula is C15H17NO. The molecule has 0 spiro atoms. The first kappa shape index (κ1) is 10.6. The van der Waals surface area contributed by atoms with Gasteiger partial charge in [0.05, 0.1) is 0 Å². The van der Waals surface area contributed by atoms with Crippen LogP contribution >= 0.6 is 0 Å². The summed E-state index contributed by atoms with van der Waals surface area (Å²) in [5, 5.41) is 3.02. The third-order valence-electron chi connectivity index (χ3n) is 3.57. The van der Waals surface area contributed by atoms with E-state index in [2.05, 4.69) is 30.4 Å². The number of nitrogens with one attached hydrogen (secondary N) is 1. The maximum absolute atomic E-state index is 11.8. The highest BCUT2D eigenvalue weighted by molar-refractivity contribution is 5.97. The Morgan fingerprint density at radius 3 is 2.94 bits per heavy atom. The first-order valence-electron chi connectivity index (χ1n) is 6.34. The van der Waals surface area contributed by atoms with Crippen LogP contribution in [0.25, 0.3) is 5.57 Å². The van der Waals surface area contributed by atoms with Crippen LogP contribution in [0.2, 0.25) is 0 Å². The molecule has 1 saturated carbocycles. The average Bonchev–Trinajstić information content (AvgIpc) is 3.00. The lowest BCUT2D eigenvalue weighted by molar-refractivity contribution is -0.116. The summed E-state index contributed by atoms with van der Waals surface area (Å²) < 4.78 is 0. The quantitative estimate of drug-likeness (QED) is 0.773. The highest BCUT2D eigenvalue weighted by atomic mass is 16.1. The number of benzene rings is 1. The van der Waals surface area contributed by atoms with E-state index in [-0.39, 0.29) is 5.91 Å². The van der Waals surface area contributed by atoms with Crippen LogP contribution < -0.4 is 5.32 Å². The zero-order valence-electron chi connectivity index (χ0n) is 10.1. The summed E-state index contributed by atoms with van der Waals surface area (Å²) in [5.74, 6) is 0.0820. The Balaban J connectivity index is 1.86. The summed E-state index contributed by atoms with van der Waals surface area (Å²) in [6.45, 7) is 2.12. The summed E-state index contributed by atoms with van der Waals surface area (Å²) in [7, 11) is 0. The molecule has 88 valence electrons. The van der Waals surface area contributed by atoms with Gasteiger partial charge >= 0.3 is 0 Å². The maximum atomic E-state index is 11.8. The minimum absolute atomic E-state index is 0.0820. The Morgan fingerprint density at radius 2 is 2.18 bits per heavy atom. The van der Waals surface area contributed by atoms with Gasteiger partial charge in [0.1, 0.15) is 0 Å². The molecule has 0 bridgehead atoms. The number of amides is 1. The van der Waals surface area contributed by atoms with E-state index in [9.17, 15) is 4.79 Å². The highest BCUT2D eigenvalue weighted by Crippen LogP contribution is 2.34. The minimum Gasteiger partial charge on any atom is -0.350 e. The van der Waals surface area contributed by atoms with Crippen molar-refractivity contribution in [2.75, 3.05) is 0 Å². The second kappa shape index (κ2) is 4.02. The van der Waals surface area contributed by atoms with Crippen molar-refractivity contribution in [1.29, 1.82) is 0 Å². The van der Waals surface area contributed by atoms with Gasteiger partial charge in [0, 0.05) is 12.1 Å². The van der Waals surface area contributed by atoms with Gasteiger partial charge in [0.2, 0.25) is 5.91 Å². The topological polar surface area (TPSA) is 29.1 Å². The van der Waals surface area contributed by atoms with Gasteiger partial charge in [-0.3, -0.25) is 4.79 Å². The number of rotatable bonds is 2. The standard InChI is InChI=1S/C15H17NO/c1-10-3-2-4-11-5-6-12(15(10)11)9-14(17)16-13-7-8-13/h2-4,9,13H,5-8H2,1H3,(H,16,17). The lowest BCUT2D eigenvalue weighted by Crippen LogP contribution is -2.23. The fraction of sp³-hybridized carbons (Fsp3) is 0.400.